The summed E-state index contributed by atoms with van der Waals surface area (Å²) in [5, 5.41) is 3.80. The molecule has 2 heteroatoms. The van der Waals surface area contributed by atoms with Gasteiger partial charge in [-0.2, -0.15) is 0 Å². The number of hydrogen-bond donors (Lipinski definition) is 1. The highest BCUT2D eigenvalue weighted by Crippen LogP contribution is 2.48. The molecule has 0 radical (unpaired) electrons. The lowest BCUT2D eigenvalue weighted by atomic mass is 9.92. The molecule has 0 atom stereocenters. The molecular formula is C15H28N2. The van der Waals surface area contributed by atoms with Crippen LogP contribution >= 0.6 is 0 Å². The molecule has 17 heavy (non-hydrogen) atoms. The monoisotopic (exact) mass is 236 g/mol. The highest BCUT2D eigenvalue weighted by atomic mass is 15.2. The molecule has 2 saturated carbocycles. The number of nitrogens with one attached hydrogen (secondary N) is 1. The van der Waals surface area contributed by atoms with Gasteiger partial charge in [0.05, 0.1) is 0 Å². The van der Waals surface area contributed by atoms with Crippen LogP contribution in [-0.4, -0.2) is 36.1 Å². The maximum Gasteiger partial charge on any atom is 0.0252 e. The standard InChI is InChI=1S/C15H28N2/c1-14(2)11-17(13-6-4-3-5-7-13)12-15(8-9-15)10-16-14/h13,16H,3-12H2,1-2H3. The van der Waals surface area contributed by atoms with Crippen LogP contribution in [0.2, 0.25) is 0 Å². The van der Waals surface area contributed by atoms with E-state index in [0.29, 0.717) is 11.0 Å². The third-order valence-corrected chi connectivity index (χ3v) is 5.13. The third kappa shape index (κ3) is 2.68. The van der Waals surface area contributed by atoms with E-state index >= 15 is 0 Å². The zero-order valence-corrected chi connectivity index (χ0v) is 11.6. The maximum absolute atomic E-state index is 3.80. The van der Waals surface area contributed by atoms with Gasteiger partial charge in [0.15, 0.2) is 0 Å². The van der Waals surface area contributed by atoms with Crippen molar-refractivity contribution in [3.8, 4) is 0 Å². The normalized spacial score (nSPS) is 33.5. The first kappa shape index (κ1) is 12.0. The van der Waals surface area contributed by atoms with Crippen LogP contribution in [0.15, 0.2) is 0 Å². The molecule has 2 aliphatic carbocycles. The Morgan fingerprint density at radius 2 is 1.71 bits per heavy atom. The number of rotatable bonds is 1. The first-order chi connectivity index (χ1) is 8.09. The zero-order valence-electron chi connectivity index (χ0n) is 11.6. The molecule has 0 aromatic carbocycles. The fourth-order valence-electron chi connectivity index (χ4n) is 3.75. The molecule has 1 aliphatic heterocycles. The Balaban J connectivity index is 1.71. The van der Waals surface area contributed by atoms with Gasteiger partial charge in [-0.05, 0) is 44.9 Å². The minimum atomic E-state index is 0.309. The Morgan fingerprint density at radius 1 is 1.00 bits per heavy atom. The van der Waals surface area contributed by atoms with Crippen molar-refractivity contribution in [2.24, 2.45) is 5.41 Å². The maximum atomic E-state index is 3.80. The van der Waals surface area contributed by atoms with Gasteiger partial charge in [0.2, 0.25) is 0 Å². The molecule has 3 aliphatic rings. The summed E-state index contributed by atoms with van der Waals surface area (Å²) in [6.45, 7) is 8.63. The Labute approximate surface area is 106 Å². The average molecular weight is 236 g/mol. The van der Waals surface area contributed by atoms with Crippen molar-refractivity contribution < 1.29 is 0 Å². The summed E-state index contributed by atoms with van der Waals surface area (Å²) in [7, 11) is 0. The second-order valence-electron chi connectivity index (χ2n) is 7.43. The lowest BCUT2D eigenvalue weighted by molar-refractivity contribution is 0.122. The highest BCUT2D eigenvalue weighted by molar-refractivity contribution is 5.03. The van der Waals surface area contributed by atoms with Gasteiger partial charge in [-0.3, -0.25) is 4.90 Å². The molecule has 1 saturated heterocycles. The van der Waals surface area contributed by atoms with E-state index in [1.54, 1.807) is 0 Å². The van der Waals surface area contributed by atoms with Crippen LogP contribution in [0.1, 0.15) is 58.8 Å². The molecule has 1 N–H and O–H groups in total. The van der Waals surface area contributed by atoms with Crippen molar-refractivity contribution in [1.29, 1.82) is 0 Å². The van der Waals surface area contributed by atoms with E-state index in [1.807, 2.05) is 0 Å². The van der Waals surface area contributed by atoms with E-state index < -0.39 is 0 Å². The van der Waals surface area contributed by atoms with E-state index in [9.17, 15) is 0 Å². The molecule has 0 aromatic rings. The second kappa shape index (κ2) is 4.24. The molecule has 0 unspecified atom stereocenters. The van der Waals surface area contributed by atoms with Crippen LogP contribution in [0.4, 0.5) is 0 Å². The van der Waals surface area contributed by atoms with Gasteiger partial charge in [0.1, 0.15) is 0 Å². The fourth-order valence-corrected chi connectivity index (χ4v) is 3.75. The van der Waals surface area contributed by atoms with Crippen LogP contribution in [0.25, 0.3) is 0 Å². The Morgan fingerprint density at radius 3 is 2.35 bits per heavy atom. The summed E-state index contributed by atoms with van der Waals surface area (Å²) in [6, 6.07) is 0.889. The summed E-state index contributed by atoms with van der Waals surface area (Å²) < 4.78 is 0. The molecule has 1 spiro atoms. The molecule has 3 rings (SSSR count). The van der Waals surface area contributed by atoms with Crippen LogP contribution in [0.3, 0.4) is 0 Å². The van der Waals surface area contributed by atoms with Crippen molar-refractivity contribution in [2.45, 2.75) is 70.4 Å². The Kier molecular flexibility index (Phi) is 2.99. The first-order valence-electron chi connectivity index (χ1n) is 7.58. The Bertz CT molecular complexity index is 267. The minimum absolute atomic E-state index is 0.309. The summed E-state index contributed by atoms with van der Waals surface area (Å²) >= 11 is 0. The molecule has 0 aromatic heterocycles. The van der Waals surface area contributed by atoms with Gasteiger partial charge >= 0.3 is 0 Å². The lowest BCUT2D eigenvalue weighted by Crippen LogP contribution is -2.49. The summed E-state index contributed by atoms with van der Waals surface area (Å²) in [5.41, 5.74) is 0.967. The van der Waals surface area contributed by atoms with Crippen LogP contribution < -0.4 is 5.32 Å². The molecule has 0 amide bonds. The molecule has 1 heterocycles. The van der Waals surface area contributed by atoms with Crippen molar-refractivity contribution in [3.05, 3.63) is 0 Å². The van der Waals surface area contributed by atoms with Gasteiger partial charge in [0, 0.05) is 31.2 Å². The van der Waals surface area contributed by atoms with E-state index in [1.165, 1.54) is 64.6 Å². The van der Waals surface area contributed by atoms with Crippen molar-refractivity contribution in [3.63, 3.8) is 0 Å². The average Bonchev–Trinajstić information content (AvgIpc) is 3.09. The lowest BCUT2D eigenvalue weighted by Gasteiger charge is -2.38. The predicted octanol–water partition coefficient (Wildman–Crippen LogP) is 2.78. The quantitative estimate of drug-likeness (QED) is 0.753. The molecular weight excluding hydrogens is 208 g/mol. The molecule has 3 fully saturated rings. The summed E-state index contributed by atoms with van der Waals surface area (Å²) in [5.74, 6) is 0. The van der Waals surface area contributed by atoms with Crippen LogP contribution in [-0.2, 0) is 0 Å². The molecule has 98 valence electrons. The van der Waals surface area contributed by atoms with Crippen LogP contribution in [0.5, 0.6) is 0 Å². The van der Waals surface area contributed by atoms with Gasteiger partial charge in [0.25, 0.3) is 0 Å². The largest absolute Gasteiger partial charge is 0.310 e. The SMILES string of the molecule is CC1(C)CN(C2CCCCC2)CC2(CC2)CN1. The smallest absolute Gasteiger partial charge is 0.0252 e. The van der Waals surface area contributed by atoms with E-state index in [0.717, 1.165) is 6.04 Å². The second-order valence-corrected chi connectivity index (χ2v) is 7.43. The topological polar surface area (TPSA) is 15.3 Å². The van der Waals surface area contributed by atoms with Crippen molar-refractivity contribution in [1.82, 2.24) is 10.2 Å². The van der Waals surface area contributed by atoms with Gasteiger partial charge < -0.3 is 5.32 Å². The molecule has 2 nitrogen and oxygen atoms in total. The zero-order chi connectivity index (χ0) is 11.9. The van der Waals surface area contributed by atoms with E-state index in [-0.39, 0.29) is 0 Å². The van der Waals surface area contributed by atoms with E-state index in [2.05, 4.69) is 24.1 Å². The third-order valence-electron chi connectivity index (χ3n) is 5.13. The fraction of sp³-hybridized carbons (Fsp3) is 1.00. The molecule has 0 bridgehead atoms. The van der Waals surface area contributed by atoms with Crippen molar-refractivity contribution >= 4 is 0 Å². The highest BCUT2D eigenvalue weighted by Gasteiger charge is 2.48. The van der Waals surface area contributed by atoms with E-state index in [4.69, 9.17) is 0 Å². The van der Waals surface area contributed by atoms with Gasteiger partial charge in [-0.1, -0.05) is 19.3 Å². The predicted molar refractivity (Wildman–Crippen MR) is 72.2 cm³/mol. The first-order valence-corrected chi connectivity index (χ1v) is 7.58. The minimum Gasteiger partial charge on any atom is -0.310 e. The number of hydrogen-bond acceptors (Lipinski definition) is 2. The van der Waals surface area contributed by atoms with Crippen molar-refractivity contribution in [2.75, 3.05) is 19.6 Å². The summed E-state index contributed by atoms with van der Waals surface area (Å²) in [6.07, 6.45) is 10.2. The van der Waals surface area contributed by atoms with Gasteiger partial charge in [-0.15, -0.1) is 0 Å². The number of nitrogens with zero attached hydrogens (tertiary/aromatic N) is 1. The van der Waals surface area contributed by atoms with Crippen LogP contribution in [0, 0.1) is 5.41 Å². The summed E-state index contributed by atoms with van der Waals surface area (Å²) in [4.78, 5) is 2.84. The van der Waals surface area contributed by atoms with Gasteiger partial charge in [-0.25, -0.2) is 0 Å². The Hall–Kier alpha value is -0.0800.